The zero-order valence-corrected chi connectivity index (χ0v) is 10.0. The molecular weight excluding hydrogens is 220 g/mol. The van der Waals surface area contributed by atoms with Gasteiger partial charge in [-0.25, -0.2) is 0 Å². The lowest BCUT2D eigenvalue weighted by Crippen LogP contribution is -2.22. The van der Waals surface area contributed by atoms with Crippen LogP contribution in [0.15, 0.2) is 18.2 Å². The van der Waals surface area contributed by atoms with Gasteiger partial charge in [0.1, 0.15) is 0 Å². The highest BCUT2D eigenvalue weighted by Gasteiger charge is 2.13. The molecule has 0 heterocycles. The lowest BCUT2D eigenvalue weighted by atomic mass is 10.1. The second kappa shape index (κ2) is 5.98. The highest BCUT2D eigenvalue weighted by atomic mass is 16.6. The zero-order valence-electron chi connectivity index (χ0n) is 10.0. The highest BCUT2D eigenvalue weighted by Crippen LogP contribution is 2.20. The van der Waals surface area contributed by atoms with Crippen molar-refractivity contribution in [3.63, 3.8) is 0 Å². The van der Waals surface area contributed by atoms with Crippen LogP contribution in [-0.4, -0.2) is 10.8 Å². The van der Waals surface area contributed by atoms with Crippen LogP contribution in [0.5, 0.6) is 0 Å². The van der Waals surface area contributed by atoms with E-state index in [1.165, 1.54) is 6.07 Å². The molecule has 1 aromatic rings. The van der Waals surface area contributed by atoms with Crippen LogP contribution in [0.1, 0.15) is 30.9 Å². The standard InChI is InChI=1S/C12H16N2O3/c1-3-5-12(15)13-8-10-6-4-7-11(9(10)2)14(16)17/h4,6-7H,3,5,8H2,1-2H3,(H,13,15). The van der Waals surface area contributed by atoms with Crippen LogP contribution in [0.4, 0.5) is 5.69 Å². The molecule has 1 amide bonds. The first-order valence-electron chi connectivity index (χ1n) is 5.55. The quantitative estimate of drug-likeness (QED) is 0.629. The van der Waals surface area contributed by atoms with Crippen molar-refractivity contribution >= 4 is 11.6 Å². The molecule has 0 unspecified atom stereocenters. The van der Waals surface area contributed by atoms with Crippen molar-refractivity contribution in [3.8, 4) is 0 Å². The van der Waals surface area contributed by atoms with Crippen LogP contribution in [-0.2, 0) is 11.3 Å². The van der Waals surface area contributed by atoms with Gasteiger partial charge in [0.25, 0.3) is 5.69 Å². The average Bonchev–Trinajstić information content (AvgIpc) is 2.27. The molecule has 92 valence electrons. The molecule has 0 atom stereocenters. The molecular formula is C12H16N2O3. The number of nitrogens with one attached hydrogen (secondary N) is 1. The minimum absolute atomic E-state index is 0.0293. The summed E-state index contributed by atoms with van der Waals surface area (Å²) in [7, 11) is 0. The summed E-state index contributed by atoms with van der Waals surface area (Å²) in [5, 5.41) is 13.5. The Kier molecular flexibility index (Phi) is 4.63. The van der Waals surface area contributed by atoms with E-state index in [0.717, 1.165) is 12.0 Å². The second-order valence-electron chi connectivity index (χ2n) is 3.85. The molecule has 1 N–H and O–H groups in total. The van der Waals surface area contributed by atoms with Crippen molar-refractivity contribution in [2.24, 2.45) is 0 Å². The van der Waals surface area contributed by atoms with Gasteiger partial charge in [-0.1, -0.05) is 19.1 Å². The normalized spacial score (nSPS) is 10.0. The Balaban J connectivity index is 2.75. The maximum atomic E-state index is 11.3. The van der Waals surface area contributed by atoms with Crippen molar-refractivity contribution < 1.29 is 9.72 Å². The molecule has 0 spiro atoms. The first-order chi connectivity index (χ1) is 8.06. The molecule has 0 aliphatic heterocycles. The van der Waals surface area contributed by atoms with Crippen LogP contribution < -0.4 is 5.32 Å². The monoisotopic (exact) mass is 236 g/mol. The number of amides is 1. The van der Waals surface area contributed by atoms with Crippen LogP contribution in [0.3, 0.4) is 0 Å². The number of benzene rings is 1. The summed E-state index contributed by atoms with van der Waals surface area (Å²) in [5.41, 5.74) is 1.48. The minimum atomic E-state index is -0.410. The molecule has 1 rings (SSSR count). The SMILES string of the molecule is CCCC(=O)NCc1cccc([N+](=O)[O-])c1C. The maximum absolute atomic E-state index is 11.3. The summed E-state index contributed by atoms with van der Waals surface area (Å²) < 4.78 is 0. The molecule has 0 saturated carbocycles. The molecule has 1 aromatic carbocycles. The molecule has 0 saturated heterocycles. The van der Waals surface area contributed by atoms with Gasteiger partial charge in [-0.15, -0.1) is 0 Å². The van der Waals surface area contributed by atoms with E-state index in [0.29, 0.717) is 18.5 Å². The lowest BCUT2D eigenvalue weighted by Gasteiger charge is -2.07. The molecule has 0 aliphatic rings. The zero-order chi connectivity index (χ0) is 12.8. The predicted molar refractivity (Wildman–Crippen MR) is 64.6 cm³/mol. The van der Waals surface area contributed by atoms with Gasteiger partial charge in [0.2, 0.25) is 5.91 Å². The molecule has 5 heteroatoms. The Morgan fingerprint density at radius 3 is 2.76 bits per heavy atom. The van der Waals surface area contributed by atoms with Crippen molar-refractivity contribution in [3.05, 3.63) is 39.4 Å². The second-order valence-corrected chi connectivity index (χ2v) is 3.85. The Hall–Kier alpha value is -1.91. The van der Waals surface area contributed by atoms with Gasteiger partial charge >= 0.3 is 0 Å². The summed E-state index contributed by atoms with van der Waals surface area (Å²) in [5.74, 6) is -0.0293. The van der Waals surface area contributed by atoms with Gasteiger partial charge in [0.05, 0.1) is 4.92 Å². The Morgan fingerprint density at radius 1 is 1.47 bits per heavy atom. The fourth-order valence-electron chi connectivity index (χ4n) is 1.57. The van der Waals surface area contributed by atoms with E-state index in [4.69, 9.17) is 0 Å². The fourth-order valence-corrected chi connectivity index (χ4v) is 1.57. The van der Waals surface area contributed by atoms with Crippen LogP contribution >= 0.6 is 0 Å². The molecule has 0 aliphatic carbocycles. The topological polar surface area (TPSA) is 72.2 Å². The van der Waals surface area contributed by atoms with E-state index in [-0.39, 0.29) is 11.6 Å². The number of nitrogens with zero attached hydrogens (tertiary/aromatic N) is 1. The Bertz CT molecular complexity index is 430. The third-order valence-corrected chi connectivity index (χ3v) is 2.57. The van der Waals surface area contributed by atoms with Crippen LogP contribution in [0.2, 0.25) is 0 Å². The highest BCUT2D eigenvalue weighted by molar-refractivity contribution is 5.75. The summed E-state index contributed by atoms with van der Waals surface area (Å²) in [6.07, 6.45) is 1.27. The van der Waals surface area contributed by atoms with Crippen molar-refractivity contribution in [1.82, 2.24) is 5.32 Å². The smallest absolute Gasteiger partial charge is 0.272 e. The van der Waals surface area contributed by atoms with Crippen molar-refractivity contribution in [2.45, 2.75) is 33.2 Å². The summed E-state index contributed by atoms with van der Waals surface area (Å²) >= 11 is 0. The van der Waals surface area contributed by atoms with Crippen molar-refractivity contribution in [1.29, 1.82) is 0 Å². The van der Waals surface area contributed by atoms with Gasteiger partial charge in [-0.2, -0.15) is 0 Å². The molecule has 0 aromatic heterocycles. The van der Waals surface area contributed by atoms with Crippen LogP contribution in [0, 0.1) is 17.0 Å². The van der Waals surface area contributed by atoms with Crippen molar-refractivity contribution in [2.75, 3.05) is 0 Å². The van der Waals surface area contributed by atoms with Crippen LogP contribution in [0.25, 0.3) is 0 Å². The third kappa shape index (κ3) is 3.55. The first-order valence-corrected chi connectivity index (χ1v) is 5.55. The predicted octanol–water partition coefficient (Wildman–Crippen LogP) is 2.32. The molecule has 17 heavy (non-hydrogen) atoms. The van der Waals surface area contributed by atoms with E-state index >= 15 is 0 Å². The van der Waals surface area contributed by atoms with Gasteiger partial charge in [-0.3, -0.25) is 14.9 Å². The largest absolute Gasteiger partial charge is 0.352 e. The van der Waals surface area contributed by atoms with Gasteiger partial charge in [0.15, 0.2) is 0 Å². The van der Waals surface area contributed by atoms with E-state index in [1.54, 1.807) is 19.1 Å². The molecule has 5 nitrogen and oxygen atoms in total. The molecule has 0 bridgehead atoms. The number of rotatable bonds is 5. The Morgan fingerprint density at radius 2 is 2.18 bits per heavy atom. The summed E-state index contributed by atoms with van der Waals surface area (Å²) in [6, 6.07) is 4.88. The van der Waals surface area contributed by atoms with Gasteiger partial charge < -0.3 is 5.32 Å². The maximum Gasteiger partial charge on any atom is 0.272 e. The minimum Gasteiger partial charge on any atom is -0.352 e. The number of nitro benzene ring substituents is 1. The van der Waals surface area contributed by atoms with Gasteiger partial charge in [-0.05, 0) is 18.9 Å². The Labute approximate surface area is 100.0 Å². The van der Waals surface area contributed by atoms with E-state index < -0.39 is 4.92 Å². The summed E-state index contributed by atoms with van der Waals surface area (Å²) in [6.45, 7) is 3.96. The van der Waals surface area contributed by atoms with Gasteiger partial charge in [0, 0.05) is 24.6 Å². The molecule has 0 radical (unpaired) electrons. The summed E-state index contributed by atoms with van der Waals surface area (Å²) in [4.78, 5) is 21.6. The third-order valence-electron chi connectivity index (χ3n) is 2.57. The number of nitro groups is 1. The first kappa shape index (κ1) is 13.2. The van der Waals surface area contributed by atoms with E-state index in [1.807, 2.05) is 6.92 Å². The average molecular weight is 236 g/mol. The fraction of sp³-hybridized carbons (Fsp3) is 0.417. The number of carbonyl (C=O) groups is 1. The lowest BCUT2D eigenvalue weighted by molar-refractivity contribution is -0.385. The van der Waals surface area contributed by atoms with E-state index in [9.17, 15) is 14.9 Å². The number of carbonyl (C=O) groups excluding carboxylic acids is 1. The number of hydrogen-bond donors (Lipinski definition) is 1. The molecule has 0 fully saturated rings. The van der Waals surface area contributed by atoms with E-state index in [2.05, 4.69) is 5.32 Å². The number of hydrogen-bond acceptors (Lipinski definition) is 3.